The van der Waals surface area contributed by atoms with Crippen LogP contribution in [0, 0.1) is 0 Å². The minimum absolute atomic E-state index is 0.134. The zero-order valence-electron chi connectivity index (χ0n) is 13.7. The van der Waals surface area contributed by atoms with Gasteiger partial charge in [-0.2, -0.15) is 13.2 Å². The number of alkyl halides is 3. The number of halogens is 3. The topological polar surface area (TPSA) is 48.1 Å². The van der Waals surface area contributed by atoms with Gasteiger partial charge in [-0.15, -0.1) is 0 Å². The van der Waals surface area contributed by atoms with Crippen molar-refractivity contribution >= 4 is 22.6 Å². The van der Waals surface area contributed by atoms with Gasteiger partial charge in [-0.25, -0.2) is 4.79 Å². The Kier molecular flexibility index (Phi) is 3.86. The molecular weight excluding hydrogens is 343 g/mol. The molecule has 26 heavy (non-hydrogen) atoms. The van der Waals surface area contributed by atoms with Gasteiger partial charge < -0.3 is 15.2 Å². The molecule has 0 saturated heterocycles. The Morgan fingerprint density at radius 2 is 1.92 bits per heavy atom. The number of amides is 2. The molecule has 2 N–H and O–H groups in total. The van der Waals surface area contributed by atoms with E-state index in [9.17, 15) is 18.0 Å². The molecule has 4 rings (SSSR count). The fraction of sp³-hybridized carbons (Fsp3) is 0.211. The number of carbonyl (C=O) groups is 1. The molecule has 0 fully saturated rings. The first-order chi connectivity index (χ1) is 12.4. The van der Waals surface area contributed by atoms with Crippen molar-refractivity contribution in [3.63, 3.8) is 0 Å². The molecule has 0 radical (unpaired) electrons. The largest absolute Gasteiger partial charge is 0.416 e. The highest BCUT2D eigenvalue weighted by Crippen LogP contribution is 2.31. The van der Waals surface area contributed by atoms with Crippen LogP contribution in [0.3, 0.4) is 0 Å². The van der Waals surface area contributed by atoms with Crippen molar-refractivity contribution in [1.29, 1.82) is 0 Å². The number of anilines is 1. The molecule has 0 spiro atoms. The van der Waals surface area contributed by atoms with Crippen molar-refractivity contribution < 1.29 is 18.0 Å². The molecule has 0 bridgehead atoms. The standard InChI is InChI=1S/C19H16F3N3O/c20-19(21,22)12-4-3-5-13(10-12)23-18(26)25-9-8-17-15(11-25)14-6-1-2-7-16(14)24-17/h1-7,10,24H,8-9,11H2,(H,23,26). The average Bonchev–Trinajstić information content (AvgIpc) is 2.99. The van der Waals surface area contributed by atoms with Crippen LogP contribution in [0.5, 0.6) is 0 Å². The molecule has 0 aliphatic carbocycles. The van der Waals surface area contributed by atoms with E-state index in [1.807, 2.05) is 24.3 Å². The smallest absolute Gasteiger partial charge is 0.358 e. The van der Waals surface area contributed by atoms with E-state index in [2.05, 4.69) is 10.3 Å². The number of para-hydroxylation sites is 1. The number of fused-ring (bicyclic) bond motifs is 3. The summed E-state index contributed by atoms with van der Waals surface area (Å²) in [5.74, 6) is 0. The van der Waals surface area contributed by atoms with Gasteiger partial charge >= 0.3 is 12.2 Å². The molecule has 1 aliphatic rings. The predicted octanol–water partition coefficient (Wildman–Crippen LogP) is 4.78. The van der Waals surface area contributed by atoms with Crippen LogP contribution in [0.25, 0.3) is 10.9 Å². The van der Waals surface area contributed by atoms with Gasteiger partial charge in [-0.05, 0) is 24.3 Å². The number of urea groups is 1. The third-order valence-corrected chi connectivity index (χ3v) is 4.61. The van der Waals surface area contributed by atoms with Crippen molar-refractivity contribution in [2.75, 3.05) is 11.9 Å². The monoisotopic (exact) mass is 359 g/mol. The molecule has 2 heterocycles. The van der Waals surface area contributed by atoms with Crippen LogP contribution in [-0.2, 0) is 19.1 Å². The summed E-state index contributed by atoms with van der Waals surface area (Å²) in [6.07, 6.45) is -3.76. The van der Waals surface area contributed by atoms with Crippen LogP contribution in [0.2, 0.25) is 0 Å². The number of carbonyl (C=O) groups excluding carboxylic acids is 1. The molecule has 1 aliphatic heterocycles. The van der Waals surface area contributed by atoms with Crippen LogP contribution in [0.4, 0.5) is 23.7 Å². The van der Waals surface area contributed by atoms with Crippen LogP contribution in [0.1, 0.15) is 16.8 Å². The Hall–Kier alpha value is -2.96. The average molecular weight is 359 g/mol. The number of benzene rings is 2. The number of nitrogens with zero attached hydrogens (tertiary/aromatic N) is 1. The number of aromatic amines is 1. The molecular formula is C19H16F3N3O. The fourth-order valence-electron chi connectivity index (χ4n) is 3.32. The lowest BCUT2D eigenvalue weighted by atomic mass is 10.0. The Balaban J connectivity index is 1.53. The van der Waals surface area contributed by atoms with Crippen molar-refractivity contribution in [3.8, 4) is 0 Å². The van der Waals surface area contributed by atoms with E-state index in [0.29, 0.717) is 19.5 Å². The van der Waals surface area contributed by atoms with Gasteiger partial charge in [0, 0.05) is 47.4 Å². The van der Waals surface area contributed by atoms with Crippen LogP contribution in [-0.4, -0.2) is 22.5 Å². The van der Waals surface area contributed by atoms with E-state index in [-0.39, 0.29) is 5.69 Å². The number of H-pyrrole nitrogens is 1. The number of rotatable bonds is 1. The third kappa shape index (κ3) is 3.00. The van der Waals surface area contributed by atoms with Gasteiger partial charge in [-0.3, -0.25) is 0 Å². The molecule has 4 nitrogen and oxygen atoms in total. The minimum Gasteiger partial charge on any atom is -0.358 e. The SMILES string of the molecule is O=C(Nc1cccc(C(F)(F)F)c1)N1CCc2[nH]c3ccccc3c2C1. The van der Waals surface area contributed by atoms with Crippen molar-refractivity contribution in [2.24, 2.45) is 0 Å². The Morgan fingerprint density at radius 3 is 2.73 bits per heavy atom. The second-order valence-corrected chi connectivity index (χ2v) is 6.31. The van der Waals surface area contributed by atoms with Gasteiger partial charge in [0.15, 0.2) is 0 Å². The number of aromatic nitrogens is 1. The van der Waals surface area contributed by atoms with Crippen molar-refractivity contribution in [2.45, 2.75) is 19.1 Å². The molecule has 0 atom stereocenters. The van der Waals surface area contributed by atoms with Gasteiger partial charge in [-0.1, -0.05) is 24.3 Å². The third-order valence-electron chi connectivity index (χ3n) is 4.61. The molecule has 2 amide bonds. The number of hydrogen-bond acceptors (Lipinski definition) is 1. The van der Waals surface area contributed by atoms with Crippen LogP contribution in [0.15, 0.2) is 48.5 Å². The summed E-state index contributed by atoms with van der Waals surface area (Å²) in [5.41, 5.74) is 2.54. The molecule has 134 valence electrons. The minimum atomic E-state index is -4.44. The van der Waals surface area contributed by atoms with Gasteiger partial charge in [0.05, 0.1) is 5.56 Å². The van der Waals surface area contributed by atoms with E-state index in [1.165, 1.54) is 12.1 Å². The summed E-state index contributed by atoms with van der Waals surface area (Å²) in [6.45, 7) is 0.925. The maximum Gasteiger partial charge on any atom is 0.416 e. The summed E-state index contributed by atoms with van der Waals surface area (Å²) >= 11 is 0. The fourth-order valence-corrected chi connectivity index (χ4v) is 3.32. The van der Waals surface area contributed by atoms with E-state index in [4.69, 9.17) is 0 Å². The summed E-state index contributed by atoms with van der Waals surface area (Å²) < 4.78 is 38.4. The molecule has 0 saturated carbocycles. The Labute approximate surface area is 147 Å². The molecule has 1 aromatic heterocycles. The lowest BCUT2D eigenvalue weighted by Gasteiger charge is -2.27. The van der Waals surface area contributed by atoms with Crippen molar-refractivity contribution in [3.05, 3.63) is 65.4 Å². The lowest BCUT2D eigenvalue weighted by molar-refractivity contribution is -0.137. The zero-order valence-corrected chi connectivity index (χ0v) is 13.7. The first kappa shape index (κ1) is 16.5. The number of nitrogens with one attached hydrogen (secondary N) is 2. The Morgan fingerprint density at radius 1 is 1.12 bits per heavy atom. The van der Waals surface area contributed by atoms with Gasteiger partial charge in [0.1, 0.15) is 0 Å². The summed E-state index contributed by atoms with van der Waals surface area (Å²) in [6, 6.07) is 12.1. The normalized spacial score (nSPS) is 14.3. The van der Waals surface area contributed by atoms with E-state index >= 15 is 0 Å². The Bertz CT molecular complexity index is 978. The second-order valence-electron chi connectivity index (χ2n) is 6.31. The van der Waals surface area contributed by atoms with E-state index < -0.39 is 17.8 Å². The van der Waals surface area contributed by atoms with Crippen LogP contribution >= 0.6 is 0 Å². The highest BCUT2D eigenvalue weighted by Gasteiger charge is 2.31. The summed E-state index contributed by atoms with van der Waals surface area (Å²) in [4.78, 5) is 17.5. The van der Waals surface area contributed by atoms with E-state index in [0.717, 1.165) is 34.3 Å². The molecule has 0 unspecified atom stereocenters. The maximum atomic E-state index is 12.8. The van der Waals surface area contributed by atoms with Gasteiger partial charge in [0.2, 0.25) is 0 Å². The number of hydrogen-bond donors (Lipinski definition) is 2. The highest BCUT2D eigenvalue weighted by atomic mass is 19.4. The molecule has 7 heteroatoms. The first-order valence-corrected chi connectivity index (χ1v) is 8.23. The quantitative estimate of drug-likeness (QED) is 0.646. The summed E-state index contributed by atoms with van der Waals surface area (Å²) in [5, 5.41) is 3.64. The first-order valence-electron chi connectivity index (χ1n) is 8.23. The maximum absolute atomic E-state index is 12.8. The van der Waals surface area contributed by atoms with Crippen molar-refractivity contribution in [1.82, 2.24) is 9.88 Å². The van der Waals surface area contributed by atoms with Gasteiger partial charge in [0.25, 0.3) is 0 Å². The molecule has 3 aromatic rings. The zero-order chi connectivity index (χ0) is 18.3. The second kappa shape index (κ2) is 6.09. The highest BCUT2D eigenvalue weighted by molar-refractivity contribution is 5.91. The van der Waals surface area contributed by atoms with E-state index in [1.54, 1.807) is 4.90 Å². The molecule has 2 aromatic carbocycles. The summed E-state index contributed by atoms with van der Waals surface area (Å²) in [7, 11) is 0. The predicted molar refractivity (Wildman–Crippen MR) is 92.9 cm³/mol. The lowest BCUT2D eigenvalue weighted by Crippen LogP contribution is -2.38. The van der Waals surface area contributed by atoms with Crippen LogP contribution < -0.4 is 5.32 Å².